The van der Waals surface area contributed by atoms with Crippen molar-refractivity contribution in [3.63, 3.8) is 0 Å². The summed E-state index contributed by atoms with van der Waals surface area (Å²) >= 11 is 0. The van der Waals surface area contributed by atoms with Crippen LogP contribution in [0.25, 0.3) is 0 Å². The first kappa shape index (κ1) is 12.2. The molecule has 0 heterocycles. The van der Waals surface area contributed by atoms with E-state index < -0.39 is 0 Å². The molecular weight excluding hydrogens is 220 g/mol. The van der Waals surface area contributed by atoms with Gasteiger partial charge in [-0.1, -0.05) is 56.4 Å². The molecule has 0 bridgehead atoms. The molecule has 18 heavy (non-hydrogen) atoms. The Hall–Kier alpha value is -0.820. The molecule has 3 rings (SSSR count). The van der Waals surface area contributed by atoms with E-state index in [4.69, 9.17) is 0 Å². The minimum atomic E-state index is -0.232. The average Bonchev–Trinajstić information content (AvgIpc) is 2.80. The maximum absolute atomic E-state index is 10.5. The fourth-order valence-corrected chi connectivity index (χ4v) is 3.59. The number of aliphatic hydroxyl groups excluding tert-OH is 1. The average molecular weight is 244 g/mol. The van der Waals surface area contributed by atoms with Crippen molar-refractivity contribution < 1.29 is 5.11 Å². The fraction of sp³-hybridized carbons (Fsp3) is 0.647. The zero-order chi connectivity index (χ0) is 12.4. The van der Waals surface area contributed by atoms with Gasteiger partial charge >= 0.3 is 0 Å². The summed E-state index contributed by atoms with van der Waals surface area (Å²) in [6.07, 6.45) is 10.1. The Bertz CT molecular complexity index is 388. The lowest BCUT2D eigenvalue weighted by molar-refractivity contribution is 0.142. The van der Waals surface area contributed by atoms with Crippen molar-refractivity contribution in [2.75, 3.05) is 0 Å². The van der Waals surface area contributed by atoms with Crippen LogP contribution in [-0.2, 0) is 0 Å². The zero-order valence-electron chi connectivity index (χ0n) is 11.1. The van der Waals surface area contributed by atoms with Crippen LogP contribution in [0.1, 0.15) is 74.5 Å². The van der Waals surface area contributed by atoms with Crippen molar-refractivity contribution in [2.24, 2.45) is 5.92 Å². The Kier molecular flexibility index (Phi) is 3.69. The highest BCUT2D eigenvalue weighted by Crippen LogP contribution is 2.41. The first-order valence-electron chi connectivity index (χ1n) is 7.61. The minimum absolute atomic E-state index is 0.232. The summed E-state index contributed by atoms with van der Waals surface area (Å²) in [4.78, 5) is 0. The minimum Gasteiger partial charge on any atom is -0.388 e. The Labute approximate surface area is 110 Å². The van der Waals surface area contributed by atoms with Crippen LogP contribution in [0.4, 0.5) is 0 Å². The monoisotopic (exact) mass is 244 g/mol. The van der Waals surface area contributed by atoms with Crippen LogP contribution in [0, 0.1) is 5.92 Å². The summed E-state index contributed by atoms with van der Waals surface area (Å²) in [5.74, 6) is 1.48. The Morgan fingerprint density at radius 2 is 1.72 bits per heavy atom. The van der Waals surface area contributed by atoms with Gasteiger partial charge in [0, 0.05) is 0 Å². The molecule has 1 aromatic rings. The third-order valence-corrected chi connectivity index (χ3v) is 4.93. The van der Waals surface area contributed by atoms with E-state index in [1.54, 1.807) is 0 Å². The number of rotatable bonds is 4. The van der Waals surface area contributed by atoms with Crippen LogP contribution in [-0.4, -0.2) is 5.11 Å². The second-order valence-corrected chi connectivity index (χ2v) is 6.16. The molecule has 1 aromatic carbocycles. The van der Waals surface area contributed by atoms with Crippen molar-refractivity contribution in [1.29, 1.82) is 0 Å². The molecule has 0 saturated heterocycles. The third-order valence-electron chi connectivity index (χ3n) is 4.93. The van der Waals surface area contributed by atoms with Gasteiger partial charge in [-0.05, 0) is 42.2 Å². The summed E-state index contributed by atoms with van der Waals surface area (Å²) in [7, 11) is 0. The molecule has 2 aliphatic rings. The largest absolute Gasteiger partial charge is 0.388 e. The molecule has 1 unspecified atom stereocenters. The SMILES string of the molecule is OC(CC1CCCC1)c1ccccc1C1CCC1. The van der Waals surface area contributed by atoms with E-state index in [-0.39, 0.29) is 6.10 Å². The first-order chi connectivity index (χ1) is 8.84. The van der Waals surface area contributed by atoms with Crippen LogP contribution in [0.3, 0.4) is 0 Å². The normalized spacial score (nSPS) is 22.9. The second kappa shape index (κ2) is 5.44. The van der Waals surface area contributed by atoms with Gasteiger partial charge in [0.1, 0.15) is 0 Å². The summed E-state index contributed by atoms with van der Waals surface area (Å²) in [5, 5.41) is 10.5. The van der Waals surface area contributed by atoms with E-state index in [1.807, 2.05) is 0 Å². The molecule has 0 amide bonds. The predicted molar refractivity (Wildman–Crippen MR) is 74.6 cm³/mol. The number of hydrogen-bond donors (Lipinski definition) is 1. The van der Waals surface area contributed by atoms with Gasteiger partial charge in [-0.3, -0.25) is 0 Å². The summed E-state index contributed by atoms with van der Waals surface area (Å²) in [5.41, 5.74) is 2.64. The maximum atomic E-state index is 10.5. The van der Waals surface area contributed by atoms with Crippen LogP contribution in [0.15, 0.2) is 24.3 Å². The van der Waals surface area contributed by atoms with E-state index >= 15 is 0 Å². The molecule has 2 fully saturated rings. The quantitative estimate of drug-likeness (QED) is 0.822. The van der Waals surface area contributed by atoms with E-state index in [0.717, 1.165) is 18.3 Å². The summed E-state index contributed by atoms with van der Waals surface area (Å²) in [6, 6.07) is 8.58. The Morgan fingerprint density at radius 1 is 1.00 bits per heavy atom. The van der Waals surface area contributed by atoms with Gasteiger partial charge in [-0.15, -0.1) is 0 Å². The van der Waals surface area contributed by atoms with Gasteiger partial charge in [0.2, 0.25) is 0 Å². The number of hydrogen-bond acceptors (Lipinski definition) is 1. The van der Waals surface area contributed by atoms with Crippen molar-refractivity contribution in [3.8, 4) is 0 Å². The summed E-state index contributed by atoms with van der Waals surface area (Å²) in [6.45, 7) is 0. The molecule has 0 aromatic heterocycles. The Morgan fingerprint density at radius 3 is 2.39 bits per heavy atom. The van der Waals surface area contributed by atoms with E-state index in [0.29, 0.717) is 0 Å². The zero-order valence-corrected chi connectivity index (χ0v) is 11.1. The highest BCUT2D eigenvalue weighted by molar-refractivity contribution is 5.33. The lowest BCUT2D eigenvalue weighted by atomic mass is 9.77. The van der Waals surface area contributed by atoms with Gasteiger partial charge in [0.15, 0.2) is 0 Å². The van der Waals surface area contributed by atoms with Crippen LogP contribution < -0.4 is 0 Å². The van der Waals surface area contributed by atoms with Crippen LogP contribution >= 0.6 is 0 Å². The second-order valence-electron chi connectivity index (χ2n) is 6.16. The van der Waals surface area contributed by atoms with Gasteiger partial charge < -0.3 is 5.11 Å². The van der Waals surface area contributed by atoms with Crippen molar-refractivity contribution >= 4 is 0 Å². The molecule has 2 saturated carbocycles. The predicted octanol–water partition coefficient (Wildman–Crippen LogP) is 4.57. The molecule has 1 atom stereocenters. The summed E-state index contributed by atoms with van der Waals surface area (Å²) < 4.78 is 0. The molecule has 0 spiro atoms. The molecule has 1 nitrogen and oxygen atoms in total. The number of aliphatic hydroxyl groups is 1. The lowest BCUT2D eigenvalue weighted by Gasteiger charge is -2.29. The van der Waals surface area contributed by atoms with Crippen molar-refractivity contribution in [3.05, 3.63) is 35.4 Å². The van der Waals surface area contributed by atoms with Gasteiger partial charge in [-0.2, -0.15) is 0 Å². The molecule has 1 N–H and O–H groups in total. The molecular formula is C17H24O. The van der Waals surface area contributed by atoms with Gasteiger partial charge in [0.05, 0.1) is 6.10 Å². The maximum Gasteiger partial charge on any atom is 0.0795 e. The fourth-order valence-electron chi connectivity index (χ4n) is 3.59. The van der Waals surface area contributed by atoms with Gasteiger partial charge in [-0.25, -0.2) is 0 Å². The van der Waals surface area contributed by atoms with Crippen LogP contribution in [0.2, 0.25) is 0 Å². The number of benzene rings is 1. The molecule has 2 aliphatic carbocycles. The van der Waals surface area contributed by atoms with E-state index in [9.17, 15) is 5.11 Å². The van der Waals surface area contributed by atoms with E-state index in [2.05, 4.69) is 24.3 Å². The third kappa shape index (κ3) is 2.47. The van der Waals surface area contributed by atoms with Crippen molar-refractivity contribution in [1.82, 2.24) is 0 Å². The van der Waals surface area contributed by atoms with Gasteiger partial charge in [0.25, 0.3) is 0 Å². The standard InChI is InChI=1S/C17H24O/c18-17(12-13-6-1-2-7-13)16-11-4-3-10-15(16)14-8-5-9-14/h3-4,10-11,13-14,17-18H,1-2,5-9,12H2. The first-order valence-corrected chi connectivity index (χ1v) is 7.61. The molecule has 0 radical (unpaired) electrons. The molecule has 1 heteroatoms. The molecule has 98 valence electrons. The smallest absolute Gasteiger partial charge is 0.0795 e. The highest BCUT2D eigenvalue weighted by Gasteiger charge is 2.26. The Balaban J connectivity index is 1.73. The van der Waals surface area contributed by atoms with Crippen molar-refractivity contribution in [2.45, 2.75) is 63.4 Å². The van der Waals surface area contributed by atoms with Crippen LogP contribution in [0.5, 0.6) is 0 Å². The highest BCUT2D eigenvalue weighted by atomic mass is 16.3. The topological polar surface area (TPSA) is 20.2 Å². The lowest BCUT2D eigenvalue weighted by Crippen LogP contribution is -2.14. The molecule has 0 aliphatic heterocycles. The van der Waals surface area contributed by atoms with E-state index in [1.165, 1.54) is 56.1 Å².